The third-order valence-electron chi connectivity index (χ3n) is 6.23. The van der Waals surface area contributed by atoms with Gasteiger partial charge in [-0.05, 0) is 50.1 Å². The molecule has 3 aromatic rings. The van der Waals surface area contributed by atoms with E-state index in [2.05, 4.69) is 20.3 Å². The van der Waals surface area contributed by atoms with Crippen molar-refractivity contribution in [1.82, 2.24) is 19.5 Å². The van der Waals surface area contributed by atoms with Crippen LogP contribution in [0, 0.1) is 0 Å². The Bertz CT molecular complexity index is 1240. The molecule has 0 aliphatic carbocycles. The Kier molecular flexibility index (Phi) is 5.70. The molecule has 34 heavy (non-hydrogen) atoms. The third-order valence-corrected chi connectivity index (χ3v) is 6.23. The van der Waals surface area contributed by atoms with Gasteiger partial charge in [-0.3, -0.25) is 9.59 Å². The van der Waals surface area contributed by atoms with Crippen molar-refractivity contribution in [2.75, 3.05) is 43.1 Å². The lowest BCUT2D eigenvalue weighted by Crippen LogP contribution is -2.37. The third kappa shape index (κ3) is 4.34. The number of aromatic nitrogens is 3. The van der Waals surface area contributed by atoms with Crippen LogP contribution >= 0.6 is 0 Å². The van der Waals surface area contributed by atoms with E-state index in [0.717, 1.165) is 11.3 Å². The standard InChI is InChI=1S/C24H28N6O4/c1-24(2,33)6-7-29-14-16-12-18(20(13-17(16)23(29)32)28-8-10-34-11-9-28)27-22(31)19-4-3-5-21-25-15-26-30(19)21/h3-5,12-13,15,33H,6-11,14H2,1-2H3,(H,27,31). The first kappa shape index (κ1) is 22.3. The van der Waals surface area contributed by atoms with E-state index in [1.807, 2.05) is 12.1 Å². The molecule has 10 heteroatoms. The molecule has 0 spiro atoms. The molecule has 5 rings (SSSR count). The maximum absolute atomic E-state index is 13.3. The van der Waals surface area contributed by atoms with Crippen molar-refractivity contribution in [2.45, 2.75) is 32.4 Å². The Hall–Kier alpha value is -3.50. The van der Waals surface area contributed by atoms with Crippen LogP contribution in [-0.2, 0) is 11.3 Å². The van der Waals surface area contributed by atoms with E-state index in [-0.39, 0.29) is 11.8 Å². The highest BCUT2D eigenvalue weighted by molar-refractivity contribution is 6.07. The summed E-state index contributed by atoms with van der Waals surface area (Å²) >= 11 is 0. The molecule has 178 valence electrons. The van der Waals surface area contributed by atoms with Gasteiger partial charge in [0.1, 0.15) is 12.0 Å². The lowest BCUT2D eigenvalue weighted by Gasteiger charge is -2.31. The highest BCUT2D eigenvalue weighted by Gasteiger charge is 2.31. The predicted octanol–water partition coefficient (Wildman–Crippen LogP) is 1.93. The molecule has 0 saturated carbocycles. The summed E-state index contributed by atoms with van der Waals surface area (Å²) in [6.45, 7) is 6.85. The Morgan fingerprint density at radius 2 is 2.03 bits per heavy atom. The Labute approximate surface area is 197 Å². The lowest BCUT2D eigenvalue weighted by molar-refractivity contribution is 0.0517. The van der Waals surface area contributed by atoms with Gasteiger partial charge < -0.3 is 25.0 Å². The molecular formula is C24H28N6O4. The van der Waals surface area contributed by atoms with Crippen molar-refractivity contribution in [1.29, 1.82) is 0 Å². The van der Waals surface area contributed by atoms with Gasteiger partial charge in [0, 0.05) is 31.7 Å². The summed E-state index contributed by atoms with van der Waals surface area (Å²) < 4.78 is 7.00. The second-order valence-corrected chi connectivity index (χ2v) is 9.31. The summed E-state index contributed by atoms with van der Waals surface area (Å²) in [5.74, 6) is -0.368. The van der Waals surface area contributed by atoms with Crippen LogP contribution < -0.4 is 10.2 Å². The zero-order chi connectivity index (χ0) is 23.9. The summed E-state index contributed by atoms with van der Waals surface area (Å²) in [5.41, 5.74) is 3.02. The molecule has 1 aromatic carbocycles. The summed E-state index contributed by atoms with van der Waals surface area (Å²) in [6, 6.07) is 9.01. The van der Waals surface area contributed by atoms with Gasteiger partial charge in [0.25, 0.3) is 11.8 Å². The number of rotatable bonds is 6. The average molecular weight is 465 g/mol. The molecule has 0 atom stereocenters. The molecule has 4 heterocycles. The van der Waals surface area contributed by atoms with Crippen molar-refractivity contribution in [2.24, 2.45) is 0 Å². The number of carbonyl (C=O) groups excluding carboxylic acids is 2. The SMILES string of the molecule is CC(C)(O)CCN1Cc2cc(NC(=O)c3cccc4ncnn34)c(N3CCOCC3)cc2C1=O. The highest BCUT2D eigenvalue weighted by Crippen LogP contribution is 2.35. The Morgan fingerprint density at radius 3 is 2.79 bits per heavy atom. The van der Waals surface area contributed by atoms with Crippen molar-refractivity contribution in [3.05, 3.63) is 53.5 Å². The number of nitrogens with one attached hydrogen (secondary N) is 1. The van der Waals surface area contributed by atoms with Crippen LogP contribution in [-0.4, -0.2) is 74.9 Å². The molecule has 2 aliphatic rings. The largest absolute Gasteiger partial charge is 0.390 e. The number of anilines is 2. The average Bonchev–Trinajstić information content (AvgIpc) is 3.41. The summed E-state index contributed by atoms with van der Waals surface area (Å²) in [4.78, 5) is 34.4. The molecule has 2 aromatic heterocycles. The molecule has 1 saturated heterocycles. The van der Waals surface area contributed by atoms with Crippen LogP contribution in [0.3, 0.4) is 0 Å². The summed E-state index contributed by atoms with van der Waals surface area (Å²) in [7, 11) is 0. The second-order valence-electron chi connectivity index (χ2n) is 9.31. The first-order chi connectivity index (χ1) is 16.3. The minimum atomic E-state index is -0.852. The van der Waals surface area contributed by atoms with Gasteiger partial charge in [-0.25, -0.2) is 9.50 Å². The molecular weight excluding hydrogens is 436 g/mol. The molecule has 1 fully saturated rings. The number of nitrogens with zero attached hydrogens (tertiary/aromatic N) is 5. The van der Waals surface area contributed by atoms with Crippen molar-refractivity contribution in [3.8, 4) is 0 Å². The Morgan fingerprint density at radius 1 is 1.24 bits per heavy atom. The maximum Gasteiger partial charge on any atom is 0.274 e. The number of carbonyl (C=O) groups is 2. The van der Waals surface area contributed by atoms with E-state index >= 15 is 0 Å². The van der Waals surface area contributed by atoms with E-state index in [1.54, 1.807) is 36.9 Å². The molecule has 0 bridgehead atoms. The number of morpholine rings is 1. The normalized spacial score (nSPS) is 16.3. The first-order valence-electron chi connectivity index (χ1n) is 11.4. The summed E-state index contributed by atoms with van der Waals surface area (Å²) in [5, 5.41) is 17.3. The van der Waals surface area contributed by atoms with Crippen LogP contribution in [0.4, 0.5) is 11.4 Å². The number of benzene rings is 1. The highest BCUT2D eigenvalue weighted by atomic mass is 16.5. The Balaban J connectivity index is 1.47. The van der Waals surface area contributed by atoms with E-state index in [4.69, 9.17) is 4.74 Å². The van der Waals surface area contributed by atoms with Gasteiger partial charge in [-0.2, -0.15) is 5.10 Å². The zero-order valence-corrected chi connectivity index (χ0v) is 19.3. The number of hydrogen-bond donors (Lipinski definition) is 2. The fraction of sp³-hybridized carbons (Fsp3) is 0.417. The van der Waals surface area contributed by atoms with Gasteiger partial charge >= 0.3 is 0 Å². The van der Waals surface area contributed by atoms with Crippen LogP contribution in [0.5, 0.6) is 0 Å². The monoisotopic (exact) mass is 464 g/mol. The van der Waals surface area contributed by atoms with Crippen LogP contribution in [0.25, 0.3) is 5.65 Å². The van der Waals surface area contributed by atoms with Gasteiger partial charge in [0.15, 0.2) is 5.65 Å². The lowest BCUT2D eigenvalue weighted by atomic mass is 10.1. The molecule has 0 radical (unpaired) electrons. The number of hydrogen-bond acceptors (Lipinski definition) is 7. The van der Waals surface area contributed by atoms with E-state index < -0.39 is 5.60 Å². The van der Waals surface area contributed by atoms with Gasteiger partial charge in [-0.15, -0.1) is 0 Å². The number of fused-ring (bicyclic) bond motifs is 2. The van der Waals surface area contributed by atoms with Crippen molar-refractivity contribution in [3.63, 3.8) is 0 Å². The molecule has 0 unspecified atom stereocenters. The van der Waals surface area contributed by atoms with Crippen LogP contribution in [0.2, 0.25) is 0 Å². The number of pyridine rings is 1. The fourth-order valence-electron chi connectivity index (χ4n) is 4.37. The molecule has 10 nitrogen and oxygen atoms in total. The zero-order valence-electron chi connectivity index (χ0n) is 19.3. The quantitative estimate of drug-likeness (QED) is 0.573. The number of amides is 2. The summed E-state index contributed by atoms with van der Waals surface area (Å²) in [6.07, 6.45) is 1.89. The van der Waals surface area contributed by atoms with Gasteiger partial charge in [-0.1, -0.05) is 6.07 Å². The minimum absolute atomic E-state index is 0.0565. The van der Waals surface area contributed by atoms with Gasteiger partial charge in [0.2, 0.25) is 0 Å². The van der Waals surface area contributed by atoms with E-state index in [0.29, 0.717) is 68.4 Å². The van der Waals surface area contributed by atoms with E-state index in [1.165, 1.54) is 10.8 Å². The number of ether oxygens (including phenoxy) is 1. The van der Waals surface area contributed by atoms with Crippen LogP contribution in [0.15, 0.2) is 36.7 Å². The first-order valence-corrected chi connectivity index (χ1v) is 11.4. The van der Waals surface area contributed by atoms with E-state index in [9.17, 15) is 14.7 Å². The fourth-order valence-corrected chi connectivity index (χ4v) is 4.37. The molecule has 2 amide bonds. The predicted molar refractivity (Wildman–Crippen MR) is 126 cm³/mol. The smallest absolute Gasteiger partial charge is 0.274 e. The molecule has 2 aliphatic heterocycles. The number of aliphatic hydroxyl groups is 1. The van der Waals surface area contributed by atoms with Gasteiger partial charge in [0.05, 0.1) is 30.2 Å². The van der Waals surface area contributed by atoms with Crippen molar-refractivity contribution >= 4 is 28.8 Å². The van der Waals surface area contributed by atoms with Crippen LogP contribution in [0.1, 0.15) is 46.7 Å². The second kappa shape index (κ2) is 8.69. The van der Waals surface area contributed by atoms with Crippen molar-refractivity contribution < 1.29 is 19.4 Å². The minimum Gasteiger partial charge on any atom is -0.390 e. The maximum atomic E-state index is 13.3. The molecule has 2 N–H and O–H groups in total. The topological polar surface area (TPSA) is 112 Å².